The molecule has 0 aliphatic carbocycles. The van der Waals surface area contributed by atoms with Gasteiger partial charge in [0.25, 0.3) is 5.95 Å². The fourth-order valence-corrected chi connectivity index (χ4v) is 4.04. The number of halogens is 2. The molecule has 1 aliphatic rings. The molecule has 1 N–H and O–H groups in total. The summed E-state index contributed by atoms with van der Waals surface area (Å²) in [5.74, 6) is -0.194. The van der Waals surface area contributed by atoms with Crippen LogP contribution in [0.2, 0.25) is 5.02 Å². The Morgan fingerprint density at radius 3 is 2.73 bits per heavy atom. The molecule has 1 aliphatic heterocycles. The van der Waals surface area contributed by atoms with Crippen LogP contribution in [0.4, 0.5) is 27.5 Å². The van der Waals surface area contributed by atoms with Gasteiger partial charge in [0.05, 0.1) is 42.7 Å². The Balaban J connectivity index is 1.23. The predicted octanol–water partition coefficient (Wildman–Crippen LogP) is 5.29. The van der Waals surface area contributed by atoms with Crippen molar-refractivity contribution in [2.75, 3.05) is 36.5 Å². The van der Waals surface area contributed by atoms with Gasteiger partial charge in [-0.1, -0.05) is 11.6 Å². The number of rotatable bonds is 7. The van der Waals surface area contributed by atoms with Crippen LogP contribution in [0.15, 0.2) is 65.2 Å². The minimum absolute atomic E-state index is 0.0938. The van der Waals surface area contributed by atoms with Crippen LogP contribution in [0.25, 0.3) is 11.3 Å². The first-order valence-corrected chi connectivity index (χ1v) is 12.0. The smallest absolute Gasteiger partial charge is 0.270 e. The van der Waals surface area contributed by atoms with E-state index in [4.69, 9.17) is 16.3 Å². The molecule has 0 amide bonds. The number of ether oxygens (including phenoxy) is 1. The third-order valence-corrected chi connectivity index (χ3v) is 5.84. The van der Waals surface area contributed by atoms with E-state index in [0.29, 0.717) is 37.0 Å². The first-order valence-electron chi connectivity index (χ1n) is 11.6. The summed E-state index contributed by atoms with van der Waals surface area (Å²) in [6.07, 6.45) is 4.46. The number of anilines is 3. The van der Waals surface area contributed by atoms with Crippen LogP contribution in [-0.4, -0.2) is 51.5 Å². The van der Waals surface area contributed by atoms with Crippen LogP contribution >= 0.6 is 11.6 Å². The molecule has 0 unspecified atom stereocenters. The number of azo groups is 1. The van der Waals surface area contributed by atoms with Crippen LogP contribution in [0.3, 0.4) is 0 Å². The summed E-state index contributed by atoms with van der Waals surface area (Å²) in [5, 5.41) is 20.3. The number of hydrogen-bond donors (Lipinski definition) is 1. The molecule has 12 heteroatoms. The lowest BCUT2D eigenvalue weighted by Crippen LogP contribution is -2.37. The highest BCUT2D eigenvalue weighted by Gasteiger charge is 2.17. The number of morpholine rings is 1. The van der Waals surface area contributed by atoms with Crippen molar-refractivity contribution >= 4 is 34.7 Å². The van der Waals surface area contributed by atoms with Crippen LogP contribution in [-0.2, 0) is 11.3 Å². The lowest BCUT2D eigenvalue weighted by atomic mass is 10.1. The zero-order chi connectivity index (χ0) is 25.6. The monoisotopic (exact) mass is 519 g/mol. The Morgan fingerprint density at radius 2 is 1.95 bits per heavy atom. The van der Waals surface area contributed by atoms with E-state index in [1.54, 1.807) is 12.4 Å². The van der Waals surface area contributed by atoms with Gasteiger partial charge in [-0.15, -0.1) is 5.11 Å². The summed E-state index contributed by atoms with van der Waals surface area (Å²) < 4.78 is 19.5. The molecule has 1 aromatic carbocycles. The van der Waals surface area contributed by atoms with E-state index in [1.165, 1.54) is 0 Å². The van der Waals surface area contributed by atoms with Gasteiger partial charge >= 0.3 is 0 Å². The minimum Gasteiger partial charge on any atom is -0.378 e. The minimum atomic E-state index is -0.496. The molecule has 0 spiro atoms. The molecule has 10 nitrogen and oxygen atoms in total. The van der Waals surface area contributed by atoms with Crippen LogP contribution in [0.1, 0.15) is 11.3 Å². The molecule has 1 fully saturated rings. The summed E-state index contributed by atoms with van der Waals surface area (Å²) in [6, 6.07) is 11.3. The second kappa shape index (κ2) is 11.3. The highest BCUT2D eigenvalue weighted by atomic mass is 35.5. The Morgan fingerprint density at radius 1 is 1.08 bits per heavy atom. The van der Waals surface area contributed by atoms with Crippen molar-refractivity contribution in [3.05, 3.63) is 77.1 Å². The van der Waals surface area contributed by atoms with E-state index in [0.717, 1.165) is 34.4 Å². The average molecular weight is 520 g/mol. The van der Waals surface area contributed by atoms with Gasteiger partial charge in [-0.3, -0.25) is 4.98 Å². The summed E-state index contributed by atoms with van der Waals surface area (Å²) in [7, 11) is 0. The highest BCUT2D eigenvalue weighted by Crippen LogP contribution is 2.29. The lowest BCUT2D eigenvalue weighted by Gasteiger charge is -2.27. The molecule has 3 aromatic heterocycles. The number of aromatic nitrogens is 5. The van der Waals surface area contributed by atoms with Crippen molar-refractivity contribution < 1.29 is 9.13 Å². The molecule has 4 heterocycles. The van der Waals surface area contributed by atoms with Gasteiger partial charge in [0.2, 0.25) is 0 Å². The first-order chi connectivity index (χ1) is 18.0. The van der Waals surface area contributed by atoms with Gasteiger partial charge in [-0.05, 0) is 48.9 Å². The molecular formula is C25H23ClFN9O. The zero-order valence-electron chi connectivity index (χ0n) is 20.0. The second-order valence-electron chi connectivity index (χ2n) is 8.30. The van der Waals surface area contributed by atoms with Crippen molar-refractivity contribution in [3.8, 4) is 11.3 Å². The maximum absolute atomic E-state index is 14.2. The number of pyridine rings is 1. The number of hydrogen-bond acceptors (Lipinski definition) is 10. The zero-order valence-corrected chi connectivity index (χ0v) is 20.7. The normalized spacial score (nSPS) is 13.8. The summed E-state index contributed by atoms with van der Waals surface area (Å²) in [5.41, 5.74) is 4.92. The maximum Gasteiger partial charge on any atom is 0.270 e. The third-order valence-electron chi connectivity index (χ3n) is 5.62. The predicted molar refractivity (Wildman–Crippen MR) is 138 cm³/mol. The van der Waals surface area contributed by atoms with Crippen molar-refractivity contribution in [3.63, 3.8) is 0 Å². The van der Waals surface area contributed by atoms with Crippen molar-refractivity contribution in [2.24, 2.45) is 10.2 Å². The van der Waals surface area contributed by atoms with Crippen LogP contribution in [0, 0.1) is 12.7 Å². The fraction of sp³-hybridized carbons (Fsp3) is 0.240. The van der Waals surface area contributed by atoms with Gasteiger partial charge in [-0.25, -0.2) is 9.37 Å². The van der Waals surface area contributed by atoms with E-state index < -0.39 is 5.82 Å². The van der Waals surface area contributed by atoms with Gasteiger partial charge in [0.1, 0.15) is 6.54 Å². The lowest BCUT2D eigenvalue weighted by molar-refractivity contribution is 0.122. The van der Waals surface area contributed by atoms with E-state index in [2.05, 4.69) is 40.7 Å². The second-order valence-corrected chi connectivity index (χ2v) is 8.73. The standard InChI is InChI=1S/C25H23ClFN9O/c1-16-4-5-30-34-23(16)17-10-18(26)12-21(11-17)32-20-3-2-19(28-13-20)14-31-35-25-29-15-22(27)24(33-25)36-6-8-37-9-7-36/h2-5,10-13,15,32H,6-9,14H2,1H3. The third kappa shape index (κ3) is 6.19. The van der Waals surface area contributed by atoms with Crippen LogP contribution < -0.4 is 10.2 Å². The Bertz CT molecular complexity index is 1410. The van der Waals surface area contributed by atoms with Crippen molar-refractivity contribution in [2.45, 2.75) is 13.5 Å². The van der Waals surface area contributed by atoms with Crippen molar-refractivity contribution in [1.29, 1.82) is 0 Å². The van der Waals surface area contributed by atoms with Gasteiger partial charge in [0.15, 0.2) is 11.6 Å². The number of benzene rings is 1. The van der Waals surface area contributed by atoms with E-state index >= 15 is 0 Å². The van der Waals surface area contributed by atoms with E-state index in [9.17, 15) is 4.39 Å². The topological polar surface area (TPSA) is 114 Å². The number of nitrogens with one attached hydrogen (secondary N) is 1. The molecule has 0 atom stereocenters. The Labute approximate surface area is 217 Å². The average Bonchev–Trinajstić information content (AvgIpc) is 2.91. The summed E-state index contributed by atoms with van der Waals surface area (Å²) in [6.45, 7) is 4.37. The summed E-state index contributed by atoms with van der Waals surface area (Å²) in [4.78, 5) is 14.4. The quantitative estimate of drug-likeness (QED) is 0.327. The molecule has 1 saturated heterocycles. The van der Waals surface area contributed by atoms with Gasteiger partial charge in [0, 0.05) is 35.6 Å². The first kappa shape index (κ1) is 24.6. The molecule has 0 radical (unpaired) electrons. The fourth-order valence-electron chi connectivity index (χ4n) is 3.80. The molecule has 4 aromatic rings. The SMILES string of the molecule is Cc1ccnnc1-c1cc(Cl)cc(Nc2ccc(CN=Nc3ncc(F)c(N4CCOCC4)n3)nc2)c1. The molecule has 188 valence electrons. The van der Waals surface area contributed by atoms with Gasteiger partial charge in [-0.2, -0.15) is 20.3 Å². The van der Waals surface area contributed by atoms with Crippen molar-refractivity contribution in [1.82, 2.24) is 25.1 Å². The Kier molecular flexibility index (Phi) is 7.52. The van der Waals surface area contributed by atoms with E-state index in [1.807, 2.05) is 48.2 Å². The Hall–Kier alpha value is -4.09. The molecule has 0 bridgehead atoms. The molecule has 5 rings (SSSR count). The molecular weight excluding hydrogens is 497 g/mol. The van der Waals surface area contributed by atoms with Crippen LogP contribution in [0.5, 0.6) is 0 Å². The maximum atomic E-state index is 14.2. The molecule has 37 heavy (non-hydrogen) atoms. The molecule has 0 saturated carbocycles. The van der Waals surface area contributed by atoms with Gasteiger partial charge < -0.3 is 15.0 Å². The van der Waals surface area contributed by atoms with E-state index in [-0.39, 0.29) is 18.3 Å². The number of aryl methyl sites for hydroxylation is 1. The largest absolute Gasteiger partial charge is 0.378 e. The number of nitrogens with zero attached hydrogens (tertiary/aromatic N) is 8. The summed E-state index contributed by atoms with van der Waals surface area (Å²) >= 11 is 6.35. The highest BCUT2D eigenvalue weighted by molar-refractivity contribution is 6.31.